The number of allylic oxidation sites excluding steroid dienone is 2. The average Bonchev–Trinajstić information content (AvgIpc) is 3.19. The molecule has 7 nitrogen and oxygen atoms in total. The van der Waals surface area contributed by atoms with Gasteiger partial charge in [0, 0.05) is 32.5 Å². The van der Waals surface area contributed by atoms with E-state index >= 15 is 0 Å². The topological polar surface area (TPSA) is 86.8 Å². The lowest BCUT2D eigenvalue weighted by atomic mass is 9.85. The van der Waals surface area contributed by atoms with Crippen molar-refractivity contribution in [3.63, 3.8) is 0 Å². The summed E-state index contributed by atoms with van der Waals surface area (Å²) in [5.41, 5.74) is 2.95. The Morgan fingerprint density at radius 3 is 2.28 bits per heavy atom. The third-order valence-corrected chi connectivity index (χ3v) is 7.68. The van der Waals surface area contributed by atoms with E-state index in [9.17, 15) is 19.2 Å². The first-order valence-corrected chi connectivity index (χ1v) is 14.1. The van der Waals surface area contributed by atoms with Crippen LogP contribution in [0.1, 0.15) is 55.7 Å². The monoisotopic (exact) mass is 529 g/mol. The van der Waals surface area contributed by atoms with Gasteiger partial charge in [-0.25, -0.2) is 0 Å². The van der Waals surface area contributed by atoms with Gasteiger partial charge in [-0.1, -0.05) is 85.7 Å². The number of imide groups is 1. The highest BCUT2D eigenvalue weighted by Gasteiger charge is 2.47. The lowest BCUT2D eigenvalue weighted by Gasteiger charge is -2.32. The summed E-state index contributed by atoms with van der Waals surface area (Å²) in [5.74, 6) is -1.47. The fraction of sp³-hybridized carbons (Fsp3) is 0.438. The number of unbranched alkanes of at least 4 members (excludes halogenated alkanes) is 1. The summed E-state index contributed by atoms with van der Waals surface area (Å²) < 4.78 is 0. The summed E-state index contributed by atoms with van der Waals surface area (Å²) in [6.45, 7) is 4.89. The minimum Gasteiger partial charge on any atom is -0.354 e. The number of fused-ring (bicyclic) bond motifs is 1. The summed E-state index contributed by atoms with van der Waals surface area (Å²) in [5, 5.41) is 3.02. The zero-order valence-corrected chi connectivity index (χ0v) is 23.0. The number of likely N-dealkylation sites (tertiary alicyclic amines) is 1. The van der Waals surface area contributed by atoms with Crippen molar-refractivity contribution >= 4 is 23.6 Å². The average molecular weight is 530 g/mol. The van der Waals surface area contributed by atoms with E-state index in [1.54, 1.807) is 4.90 Å². The summed E-state index contributed by atoms with van der Waals surface area (Å²) in [4.78, 5) is 56.2. The van der Waals surface area contributed by atoms with Gasteiger partial charge in [-0.15, -0.1) is 0 Å². The molecular formula is C32H39N3O4. The molecule has 0 radical (unpaired) electrons. The Labute approximate surface area is 231 Å². The second kappa shape index (κ2) is 13.4. The van der Waals surface area contributed by atoms with Crippen molar-refractivity contribution in [2.45, 2.75) is 65.0 Å². The zero-order valence-electron chi connectivity index (χ0n) is 23.0. The van der Waals surface area contributed by atoms with Crippen LogP contribution in [0.15, 0.2) is 66.7 Å². The number of carbonyl (C=O) groups is 4. The van der Waals surface area contributed by atoms with Gasteiger partial charge in [0.15, 0.2) is 0 Å². The summed E-state index contributed by atoms with van der Waals surface area (Å²) >= 11 is 0. The Morgan fingerprint density at radius 2 is 1.64 bits per heavy atom. The van der Waals surface area contributed by atoms with Crippen LogP contribution < -0.4 is 5.32 Å². The highest BCUT2D eigenvalue weighted by Crippen LogP contribution is 2.35. The van der Waals surface area contributed by atoms with Gasteiger partial charge in [0.1, 0.15) is 6.04 Å². The van der Waals surface area contributed by atoms with Gasteiger partial charge in [0.05, 0.1) is 11.8 Å². The van der Waals surface area contributed by atoms with E-state index in [0.29, 0.717) is 25.8 Å². The Hall–Kier alpha value is -3.74. The van der Waals surface area contributed by atoms with Gasteiger partial charge < -0.3 is 10.2 Å². The van der Waals surface area contributed by atoms with E-state index in [1.807, 2.05) is 73.7 Å². The molecule has 4 rings (SSSR count). The molecule has 4 amide bonds. The number of rotatable bonds is 12. The number of carbonyl (C=O) groups excluding carboxylic acids is 4. The molecule has 206 valence electrons. The molecule has 0 bridgehead atoms. The molecule has 1 heterocycles. The molecule has 1 aliphatic carbocycles. The third kappa shape index (κ3) is 7.02. The van der Waals surface area contributed by atoms with Crippen LogP contribution in [-0.2, 0) is 32.1 Å². The second-order valence-corrected chi connectivity index (χ2v) is 10.6. The minimum absolute atomic E-state index is 0.0241. The fourth-order valence-corrected chi connectivity index (χ4v) is 5.51. The van der Waals surface area contributed by atoms with E-state index in [1.165, 1.54) is 4.90 Å². The molecule has 1 fully saturated rings. The van der Waals surface area contributed by atoms with Crippen LogP contribution in [0.25, 0.3) is 0 Å². The Balaban J connectivity index is 1.57. The third-order valence-electron chi connectivity index (χ3n) is 7.68. The van der Waals surface area contributed by atoms with Crippen LogP contribution in [0.5, 0.6) is 0 Å². The number of hydrogen-bond acceptors (Lipinski definition) is 4. The molecule has 2 aromatic rings. The van der Waals surface area contributed by atoms with Crippen molar-refractivity contribution in [2.24, 2.45) is 11.8 Å². The van der Waals surface area contributed by atoms with Crippen molar-refractivity contribution in [1.29, 1.82) is 0 Å². The maximum Gasteiger partial charge on any atom is 0.243 e. The van der Waals surface area contributed by atoms with Gasteiger partial charge in [0.25, 0.3) is 0 Å². The standard InChI is InChI=1S/C32H39N3O4/c1-3-4-18-33-30(37)28(21-24-12-6-5-7-13-24)35(22-25-14-10-11-23(2)20-25)29(36)17-19-34-31(38)26-15-8-9-16-27(26)32(34)39/h5-14,20,26-28H,3-4,15-19,21-22H2,1-2H3,(H,33,37)/t26-,27+,28-/m1/s1. The smallest absolute Gasteiger partial charge is 0.243 e. The molecule has 7 heteroatoms. The Morgan fingerprint density at radius 1 is 0.974 bits per heavy atom. The van der Waals surface area contributed by atoms with Crippen molar-refractivity contribution in [3.05, 3.63) is 83.4 Å². The molecule has 0 unspecified atom stereocenters. The van der Waals surface area contributed by atoms with Crippen molar-refractivity contribution in [1.82, 2.24) is 15.1 Å². The molecule has 0 aromatic heterocycles. The second-order valence-electron chi connectivity index (χ2n) is 10.6. The quantitative estimate of drug-likeness (QED) is 0.254. The highest BCUT2D eigenvalue weighted by atomic mass is 16.2. The normalized spacial score (nSPS) is 19.1. The summed E-state index contributed by atoms with van der Waals surface area (Å²) in [6.07, 6.45) is 7.19. The molecule has 0 spiro atoms. The zero-order chi connectivity index (χ0) is 27.8. The number of aryl methyl sites for hydroxylation is 1. The summed E-state index contributed by atoms with van der Waals surface area (Å²) in [7, 11) is 0. The lowest BCUT2D eigenvalue weighted by Crippen LogP contribution is -2.51. The van der Waals surface area contributed by atoms with Crippen molar-refractivity contribution in [3.8, 4) is 0 Å². The maximum atomic E-state index is 13.9. The maximum absolute atomic E-state index is 13.9. The van der Waals surface area contributed by atoms with Gasteiger partial charge in [0.2, 0.25) is 23.6 Å². The van der Waals surface area contributed by atoms with Crippen molar-refractivity contribution < 1.29 is 19.2 Å². The first kappa shape index (κ1) is 28.3. The molecule has 1 saturated heterocycles. The molecule has 2 aliphatic rings. The number of nitrogens with one attached hydrogen (secondary N) is 1. The van der Waals surface area contributed by atoms with Crippen molar-refractivity contribution in [2.75, 3.05) is 13.1 Å². The van der Waals surface area contributed by atoms with Crippen LogP contribution in [-0.4, -0.2) is 52.6 Å². The molecular weight excluding hydrogens is 490 g/mol. The highest BCUT2D eigenvalue weighted by molar-refractivity contribution is 6.05. The molecule has 39 heavy (non-hydrogen) atoms. The van der Waals surface area contributed by atoms with Gasteiger partial charge in [-0.05, 0) is 37.3 Å². The molecule has 1 N–H and O–H groups in total. The molecule has 1 aliphatic heterocycles. The van der Waals surface area contributed by atoms with Crippen LogP contribution in [0, 0.1) is 18.8 Å². The van der Waals surface area contributed by atoms with Crippen LogP contribution in [0.2, 0.25) is 0 Å². The van der Waals surface area contributed by atoms with E-state index in [2.05, 4.69) is 12.2 Å². The fourth-order valence-electron chi connectivity index (χ4n) is 5.51. The largest absolute Gasteiger partial charge is 0.354 e. The van der Waals surface area contributed by atoms with E-state index in [0.717, 1.165) is 29.5 Å². The molecule has 2 aromatic carbocycles. The predicted molar refractivity (Wildman–Crippen MR) is 150 cm³/mol. The predicted octanol–water partition coefficient (Wildman–Crippen LogP) is 4.19. The molecule has 3 atom stereocenters. The van der Waals surface area contributed by atoms with E-state index < -0.39 is 6.04 Å². The lowest BCUT2D eigenvalue weighted by molar-refractivity contribution is -0.144. The number of amides is 4. The van der Waals surface area contributed by atoms with Crippen LogP contribution in [0.4, 0.5) is 0 Å². The van der Waals surface area contributed by atoms with E-state index in [-0.39, 0.29) is 55.0 Å². The number of nitrogens with zero attached hydrogens (tertiary/aromatic N) is 2. The Bertz CT molecular complexity index is 1180. The first-order valence-electron chi connectivity index (χ1n) is 14.1. The SMILES string of the molecule is CCCCNC(=O)[C@@H](Cc1ccccc1)N(Cc1cccc(C)c1)C(=O)CCN1C(=O)[C@H]2CC=CC[C@H]2C1=O. The first-order chi connectivity index (χ1) is 18.9. The molecule has 0 saturated carbocycles. The minimum atomic E-state index is -0.728. The van der Waals surface area contributed by atoms with Crippen LogP contribution >= 0.6 is 0 Å². The van der Waals surface area contributed by atoms with Crippen LogP contribution in [0.3, 0.4) is 0 Å². The summed E-state index contributed by atoms with van der Waals surface area (Å²) in [6, 6.07) is 16.9. The number of hydrogen-bond donors (Lipinski definition) is 1. The Kier molecular flexibility index (Phi) is 9.69. The van der Waals surface area contributed by atoms with Gasteiger partial charge in [-0.2, -0.15) is 0 Å². The number of benzene rings is 2. The van der Waals surface area contributed by atoms with E-state index in [4.69, 9.17) is 0 Å². The van der Waals surface area contributed by atoms with Gasteiger partial charge in [-0.3, -0.25) is 24.1 Å². The van der Waals surface area contributed by atoms with Gasteiger partial charge >= 0.3 is 0 Å².